The van der Waals surface area contributed by atoms with E-state index >= 15 is 0 Å². The van der Waals surface area contributed by atoms with E-state index in [0.29, 0.717) is 50.9 Å². The van der Waals surface area contributed by atoms with Gasteiger partial charge in [0.15, 0.2) is 0 Å². The van der Waals surface area contributed by atoms with Crippen molar-refractivity contribution in [3.05, 3.63) is 291 Å². The Balaban J connectivity index is 0.000000605. The van der Waals surface area contributed by atoms with Crippen LogP contribution in [0.1, 0.15) is 97.4 Å². The molecule has 0 atom stereocenters. The third-order valence-electron chi connectivity index (χ3n) is 12.4. The van der Waals surface area contributed by atoms with Crippen LogP contribution in [-0.2, 0) is 60.3 Å². The van der Waals surface area contributed by atoms with Crippen molar-refractivity contribution in [2.45, 2.75) is 59.3 Å². The largest absolute Gasteiger partial charge is 3.00 e. The molecule has 0 spiro atoms. The molecule has 95 heavy (non-hydrogen) atoms. The second-order valence-electron chi connectivity index (χ2n) is 19.9. The van der Waals surface area contributed by atoms with Crippen LogP contribution in [0.2, 0.25) is 0 Å². The smallest absolute Gasteiger partial charge is 0.477 e. The fraction of sp³-hybridized carbons (Fsp3) is 0.139. The SMILES string of the molecule is CC(C)c1cnc(-c2[c-]cc(F)cc2)c(-c2ccc(F)cc2)n1.CC(C)c1cnc(-c2[c-]cc(F)cc2)c(-c2ccc(F)cc2)n1.CC(C)c1cnc(-c2[c-]cc(F)cc2)c(-c2ccc(F)cc2)n1.ClCCl.O=C(O)c1ccccn1.O=C(O)c1ccccn1.[CH3-].[CH3-].[Ir+3].[Ir].[Ir]. The third kappa shape index (κ3) is 26.6. The molecule has 0 saturated carbocycles. The molecule has 2 N–H and O–H groups in total. The summed E-state index contributed by atoms with van der Waals surface area (Å²) in [6.45, 7) is 12.2. The molecule has 6 aromatic carbocycles. The van der Waals surface area contributed by atoms with Crippen LogP contribution in [0, 0.1) is 68.0 Å². The summed E-state index contributed by atoms with van der Waals surface area (Å²) in [4.78, 5) is 54.9. The number of aromatic nitrogens is 8. The van der Waals surface area contributed by atoms with E-state index in [0.717, 1.165) is 33.8 Å². The topological polar surface area (TPSA) is 178 Å². The van der Waals surface area contributed by atoms with Gasteiger partial charge in [0.05, 0.1) is 39.5 Å². The first-order chi connectivity index (χ1) is 43.1. The maximum atomic E-state index is 13.2. The van der Waals surface area contributed by atoms with Crippen molar-refractivity contribution in [3.63, 3.8) is 0 Å². The number of halogens is 8. The van der Waals surface area contributed by atoms with Crippen LogP contribution in [0.15, 0.2) is 195 Å². The number of pyridine rings is 2. The van der Waals surface area contributed by atoms with Crippen molar-refractivity contribution >= 4 is 35.1 Å². The summed E-state index contributed by atoms with van der Waals surface area (Å²) < 4.78 is 79.0. The molecule has 0 aliphatic carbocycles. The van der Waals surface area contributed by atoms with Crippen molar-refractivity contribution in [1.29, 1.82) is 0 Å². The van der Waals surface area contributed by atoms with Crippen LogP contribution in [0.3, 0.4) is 0 Å². The molecular formula is C72H63Cl2F6Ir3N8O4-2. The Morgan fingerprint density at radius 2 is 0.632 bits per heavy atom. The number of carbonyl (C=O) groups is 2. The van der Waals surface area contributed by atoms with E-state index in [9.17, 15) is 35.9 Å². The molecular weight excluding hydrogens is 1800 g/mol. The van der Waals surface area contributed by atoms with Gasteiger partial charge in [0.25, 0.3) is 0 Å². The Morgan fingerprint density at radius 3 is 0.811 bits per heavy atom. The second-order valence-corrected chi connectivity index (χ2v) is 20.7. The van der Waals surface area contributed by atoms with E-state index in [4.69, 9.17) is 33.4 Å². The molecule has 11 aromatic rings. The molecule has 0 unspecified atom stereocenters. The summed E-state index contributed by atoms with van der Waals surface area (Å²) in [6.07, 6.45) is 8.03. The normalized spacial score (nSPS) is 9.86. The number of hydrogen-bond acceptors (Lipinski definition) is 10. The van der Waals surface area contributed by atoms with Crippen molar-refractivity contribution < 1.29 is 106 Å². The van der Waals surface area contributed by atoms with Gasteiger partial charge in [-0.15, -0.1) is 113 Å². The van der Waals surface area contributed by atoms with Crippen molar-refractivity contribution in [3.8, 4) is 67.5 Å². The number of aromatic carboxylic acids is 2. The standard InChI is InChI=1S/3C19H15F2N2.2C6H5NO2.CH2Cl2.2CH3.3Ir/c3*1-12(2)17-11-22-18(13-3-7-15(20)8-4-13)19(23-17)14-5-9-16(21)10-6-14;2*8-6(9)5-3-1-2-4-7-5;2-1-3;;;;;/h3*3,5-12H,1-2H3;2*1-4H,(H,8,9);1H2;2*1H3;;;/q3*-1;;;;2*-1;;;+3. The fourth-order valence-electron chi connectivity index (χ4n) is 7.70. The predicted molar refractivity (Wildman–Crippen MR) is 349 cm³/mol. The summed E-state index contributed by atoms with van der Waals surface area (Å²) in [5, 5.41) is 16.8. The molecule has 0 aliphatic rings. The number of alkyl halides is 2. The van der Waals surface area contributed by atoms with Crippen LogP contribution in [0.5, 0.6) is 0 Å². The Labute approximate surface area is 600 Å². The number of nitrogens with zero attached hydrogens (tertiary/aromatic N) is 8. The van der Waals surface area contributed by atoms with E-state index in [2.05, 4.69) is 58.1 Å². The van der Waals surface area contributed by atoms with E-state index in [1.807, 2.05) is 41.5 Å². The van der Waals surface area contributed by atoms with Crippen LogP contribution in [0.4, 0.5) is 26.3 Å². The molecule has 0 bridgehead atoms. The average Bonchev–Trinajstić information content (AvgIpc) is 0.822. The van der Waals surface area contributed by atoms with Gasteiger partial charge in [-0.3, -0.25) is 28.1 Å². The average molecular weight is 1870 g/mol. The molecule has 0 fully saturated rings. The summed E-state index contributed by atoms with van der Waals surface area (Å²) >= 11 is 9.53. The number of hydrogen-bond donors (Lipinski definition) is 2. The van der Waals surface area contributed by atoms with Crippen LogP contribution >= 0.6 is 23.2 Å². The monoisotopic (exact) mass is 1870 g/mol. The quantitative estimate of drug-likeness (QED) is 0.0713. The zero-order chi connectivity index (χ0) is 65.3. The number of benzene rings is 6. The molecule has 500 valence electrons. The second kappa shape index (κ2) is 43.1. The Kier molecular flexibility index (Phi) is 38.5. The zero-order valence-corrected chi connectivity index (χ0v) is 60.9. The first kappa shape index (κ1) is 84.9. The van der Waals surface area contributed by atoms with Gasteiger partial charge in [-0.25, -0.2) is 32.7 Å². The molecule has 0 aliphatic heterocycles. The minimum Gasteiger partial charge on any atom is -0.477 e. The van der Waals surface area contributed by atoms with E-state index in [-0.39, 0.29) is 145 Å². The zero-order valence-electron chi connectivity index (χ0n) is 52.2. The van der Waals surface area contributed by atoms with Gasteiger partial charge in [-0.05, 0) is 95.1 Å². The summed E-state index contributed by atoms with van der Waals surface area (Å²) in [5.41, 5.74) is 10.6. The molecule has 0 amide bonds. The van der Waals surface area contributed by atoms with Crippen molar-refractivity contribution in [2.75, 3.05) is 5.34 Å². The van der Waals surface area contributed by atoms with E-state index in [1.54, 1.807) is 97.5 Å². The van der Waals surface area contributed by atoms with Gasteiger partial charge in [0.1, 0.15) is 28.8 Å². The van der Waals surface area contributed by atoms with Crippen LogP contribution < -0.4 is 0 Å². The number of rotatable bonds is 11. The Morgan fingerprint density at radius 1 is 0.389 bits per heavy atom. The first-order valence-electron chi connectivity index (χ1n) is 27.5. The van der Waals surface area contributed by atoms with Gasteiger partial charge in [0, 0.05) is 106 Å². The summed E-state index contributed by atoms with van der Waals surface area (Å²) in [7, 11) is 0. The van der Waals surface area contributed by atoms with E-state index < -0.39 is 11.9 Å². The number of carboxylic acids is 2. The van der Waals surface area contributed by atoms with Crippen LogP contribution in [-0.4, -0.2) is 67.4 Å². The molecule has 0 saturated heterocycles. The Hall–Kier alpha value is -8.09. The van der Waals surface area contributed by atoms with Gasteiger partial charge in [0.2, 0.25) is 0 Å². The van der Waals surface area contributed by atoms with Crippen molar-refractivity contribution in [1.82, 2.24) is 39.9 Å². The van der Waals surface area contributed by atoms with Gasteiger partial charge >= 0.3 is 32.0 Å². The molecule has 11 rings (SSSR count). The van der Waals surface area contributed by atoms with Gasteiger partial charge < -0.3 is 40.0 Å². The Bertz CT molecular complexity index is 3660. The maximum Gasteiger partial charge on any atom is 3.00 e. The molecule has 12 nitrogen and oxygen atoms in total. The first-order valence-corrected chi connectivity index (χ1v) is 28.5. The molecule has 5 aromatic heterocycles. The number of carboxylic acid groups (broad SMARTS) is 2. The van der Waals surface area contributed by atoms with Gasteiger partial charge in [-0.1, -0.05) is 90.1 Å². The molecule has 2 radical (unpaired) electrons. The predicted octanol–water partition coefficient (Wildman–Crippen LogP) is 18.9. The van der Waals surface area contributed by atoms with Crippen LogP contribution in [0.25, 0.3) is 67.5 Å². The van der Waals surface area contributed by atoms with E-state index in [1.165, 1.54) is 97.3 Å². The summed E-state index contributed by atoms with van der Waals surface area (Å²) in [6, 6.07) is 49.1. The molecule has 5 heterocycles. The minimum absolute atomic E-state index is 0. The van der Waals surface area contributed by atoms with Gasteiger partial charge in [-0.2, -0.15) is 0 Å². The molecule has 23 heteroatoms. The minimum atomic E-state index is -0.990. The van der Waals surface area contributed by atoms with Crippen molar-refractivity contribution in [2.24, 2.45) is 0 Å². The third-order valence-corrected chi connectivity index (χ3v) is 12.4. The summed E-state index contributed by atoms with van der Waals surface area (Å²) in [5.74, 6) is -3.33. The fourth-order valence-corrected chi connectivity index (χ4v) is 7.70. The maximum absolute atomic E-state index is 13.2.